The molecule has 0 saturated heterocycles. The van der Waals surface area contributed by atoms with Gasteiger partial charge in [0.1, 0.15) is 0 Å². The molecule has 118 valence electrons. The van der Waals surface area contributed by atoms with Gasteiger partial charge in [0.05, 0.1) is 16.6 Å². The summed E-state index contributed by atoms with van der Waals surface area (Å²) in [4.78, 5) is 7.13. The molecule has 0 aliphatic carbocycles. The van der Waals surface area contributed by atoms with Crippen molar-refractivity contribution in [1.82, 2.24) is 9.97 Å². The average Bonchev–Trinajstić information content (AvgIpc) is 2.86. The molecule has 2 heterocycles. The van der Waals surface area contributed by atoms with Crippen LogP contribution < -0.4 is 5.32 Å². The number of rotatable bonds is 0. The molecular formula is C19H21N3S. The summed E-state index contributed by atoms with van der Waals surface area (Å²) in [5.74, 6) is 0. The molecule has 4 heteroatoms. The molecule has 3 aromatic rings. The first-order valence-electron chi connectivity index (χ1n) is 7.65. The van der Waals surface area contributed by atoms with Crippen LogP contribution in [0.4, 0.5) is 5.69 Å². The lowest BCUT2D eigenvalue weighted by Crippen LogP contribution is -2.31. The Bertz CT molecular complexity index is 829. The smallest absolute Gasteiger partial charge is 0.163 e. The van der Waals surface area contributed by atoms with Crippen LogP contribution >= 0.6 is 12.6 Å². The molecule has 0 unspecified atom stereocenters. The molecule has 23 heavy (non-hydrogen) atoms. The second kappa shape index (κ2) is 6.13. The Morgan fingerprint density at radius 3 is 2.48 bits per heavy atom. The number of H-pyrrole nitrogens is 1. The van der Waals surface area contributed by atoms with Crippen LogP contribution in [0.1, 0.15) is 26.3 Å². The van der Waals surface area contributed by atoms with Gasteiger partial charge in [0, 0.05) is 11.3 Å². The predicted octanol–water partition coefficient (Wildman–Crippen LogP) is 5.15. The topological polar surface area (TPSA) is 40.7 Å². The molecule has 4 rings (SSSR count). The van der Waals surface area contributed by atoms with Crippen molar-refractivity contribution in [1.29, 1.82) is 0 Å². The van der Waals surface area contributed by atoms with Crippen LogP contribution in [-0.4, -0.2) is 15.5 Å². The van der Waals surface area contributed by atoms with Crippen LogP contribution in [0.2, 0.25) is 0 Å². The molecule has 0 fully saturated rings. The maximum atomic E-state index is 4.12. The van der Waals surface area contributed by atoms with Crippen molar-refractivity contribution in [3.8, 4) is 0 Å². The van der Waals surface area contributed by atoms with E-state index in [0.29, 0.717) is 5.16 Å². The summed E-state index contributed by atoms with van der Waals surface area (Å²) < 4.78 is 0. The van der Waals surface area contributed by atoms with Crippen LogP contribution in [0, 0.1) is 0 Å². The van der Waals surface area contributed by atoms with Crippen molar-refractivity contribution in [3.63, 3.8) is 0 Å². The van der Waals surface area contributed by atoms with E-state index in [1.165, 1.54) is 16.8 Å². The van der Waals surface area contributed by atoms with Crippen LogP contribution in [0.3, 0.4) is 0 Å². The Balaban J connectivity index is 0.000000140. The minimum atomic E-state index is 0.0818. The van der Waals surface area contributed by atoms with Gasteiger partial charge in [0.2, 0.25) is 0 Å². The van der Waals surface area contributed by atoms with Gasteiger partial charge < -0.3 is 10.3 Å². The first-order chi connectivity index (χ1) is 10.9. The van der Waals surface area contributed by atoms with Crippen molar-refractivity contribution < 1.29 is 0 Å². The van der Waals surface area contributed by atoms with E-state index in [0.717, 1.165) is 11.0 Å². The number of hydrogen-bond donors (Lipinski definition) is 3. The number of hydrogen-bond acceptors (Lipinski definition) is 3. The number of allylic oxidation sites excluding steroid dienone is 1. The molecular weight excluding hydrogens is 302 g/mol. The molecule has 2 N–H and O–H groups in total. The van der Waals surface area contributed by atoms with Crippen LogP contribution in [0.15, 0.2) is 59.8 Å². The highest BCUT2D eigenvalue weighted by Gasteiger charge is 2.21. The predicted molar refractivity (Wildman–Crippen MR) is 101 cm³/mol. The van der Waals surface area contributed by atoms with Gasteiger partial charge in [-0.2, -0.15) is 0 Å². The normalized spacial score (nSPS) is 15.0. The molecule has 1 aliphatic rings. The van der Waals surface area contributed by atoms with Crippen LogP contribution in [-0.2, 0) is 0 Å². The summed E-state index contributed by atoms with van der Waals surface area (Å²) in [6.45, 7) is 6.54. The Kier molecular flexibility index (Phi) is 4.18. The lowest BCUT2D eigenvalue weighted by molar-refractivity contribution is 0.707. The van der Waals surface area contributed by atoms with E-state index < -0.39 is 0 Å². The van der Waals surface area contributed by atoms with Crippen LogP contribution in [0.5, 0.6) is 0 Å². The third-order valence-electron chi connectivity index (χ3n) is 3.76. The summed E-state index contributed by atoms with van der Waals surface area (Å²) in [7, 11) is 0. The number of fused-ring (bicyclic) bond motifs is 2. The fourth-order valence-corrected chi connectivity index (χ4v) is 3.11. The van der Waals surface area contributed by atoms with Crippen molar-refractivity contribution in [3.05, 3.63) is 60.2 Å². The van der Waals surface area contributed by atoms with Crippen LogP contribution in [0.25, 0.3) is 16.6 Å². The summed E-state index contributed by atoms with van der Waals surface area (Å²) >= 11 is 4.08. The SMILES string of the molecule is CC1=CC(C)(C)Nc2ccccc21.Sc1nc2ccccc2[nH]1. The fourth-order valence-electron chi connectivity index (χ4n) is 2.88. The lowest BCUT2D eigenvalue weighted by Gasteiger charge is -2.31. The number of thiol groups is 1. The second-order valence-corrected chi connectivity index (χ2v) is 6.72. The summed E-state index contributed by atoms with van der Waals surface area (Å²) in [6.07, 6.45) is 2.27. The summed E-state index contributed by atoms with van der Waals surface area (Å²) in [6, 6.07) is 16.3. The van der Waals surface area contributed by atoms with E-state index in [1.807, 2.05) is 24.3 Å². The van der Waals surface area contributed by atoms with Gasteiger partial charge in [-0.3, -0.25) is 0 Å². The van der Waals surface area contributed by atoms with Crippen molar-refractivity contribution in [2.24, 2.45) is 0 Å². The van der Waals surface area contributed by atoms with Gasteiger partial charge in [0.15, 0.2) is 5.16 Å². The minimum absolute atomic E-state index is 0.0818. The number of benzene rings is 2. The maximum absolute atomic E-state index is 4.12. The Hall–Kier alpha value is -2.20. The van der Waals surface area contributed by atoms with E-state index in [2.05, 4.69) is 79.0 Å². The average molecular weight is 323 g/mol. The quantitative estimate of drug-likeness (QED) is 0.501. The molecule has 0 spiro atoms. The molecule has 1 aromatic heterocycles. The zero-order valence-electron chi connectivity index (χ0n) is 13.6. The standard InChI is InChI=1S/C12H15N.C7H6N2S/c1-9-8-12(2,3)13-11-7-5-4-6-10(9)11;10-7-8-5-3-1-2-4-6(5)9-7/h4-8,13H,1-3H3;1-4H,(H2,8,9,10). The molecule has 0 bridgehead atoms. The third-order valence-corrected chi connectivity index (χ3v) is 3.97. The van der Waals surface area contributed by atoms with E-state index >= 15 is 0 Å². The summed E-state index contributed by atoms with van der Waals surface area (Å²) in [5, 5.41) is 4.16. The highest BCUT2D eigenvalue weighted by atomic mass is 32.1. The molecule has 3 nitrogen and oxygen atoms in total. The molecule has 2 aromatic carbocycles. The van der Waals surface area contributed by atoms with E-state index in [9.17, 15) is 0 Å². The number of nitrogens with zero attached hydrogens (tertiary/aromatic N) is 1. The minimum Gasteiger partial charge on any atom is -0.376 e. The number of aromatic amines is 1. The van der Waals surface area contributed by atoms with E-state index in [-0.39, 0.29) is 5.54 Å². The number of nitrogens with one attached hydrogen (secondary N) is 2. The molecule has 0 atom stereocenters. The Morgan fingerprint density at radius 1 is 1.00 bits per heavy atom. The first kappa shape index (κ1) is 15.7. The maximum Gasteiger partial charge on any atom is 0.163 e. The zero-order valence-corrected chi connectivity index (χ0v) is 14.5. The van der Waals surface area contributed by atoms with Gasteiger partial charge in [0.25, 0.3) is 0 Å². The highest BCUT2D eigenvalue weighted by Crippen LogP contribution is 2.32. The van der Waals surface area contributed by atoms with Gasteiger partial charge in [-0.25, -0.2) is 4.98 Å². The number of imidazole rings is 1. The molecule has 0 radical (unpaired) electrons. The Morgan fingerprint density at radius 2 is 1.70 bits per heavy atom. The van der Waals surface area contributed by atoms with Gasteiger partial charge in [-0.15, -0.1) is 12.6 Å². The summed E-state index contributed by atoms with van der Waals surface area (Å²) in [5.41, 5.74) is 6.01. The number of para-hydroxylation sites is 3. The van der Waals surface area contributed by atoms with Crippen molar-refractivity contribution >= 4 is 34.9 Å². The second-order valence-electron chi connectivity index (χ2n) is 6.30. The van der Waals surface area contributed by atoms with E-state index in [1.54, 1.807) is 0 Å². The molecule has 1 aliphatic heterocycles. The Labute approximate surface area is 142 Å². The van der Waals surface area contributed by atoms with Gasteiger partial charge in [-0.05, 0) is 44.5 Å². The van der Waals surface area contributed by atoms with Crippen molar-refractivity contribution in [2.75, 3.05) is 5.32 Å². The zero-order chi connectivity index (χ0) is 16.4. The number of aromatic nitrogens is 2. The largest absolute Gasteiger partial charge is 0.376 e. The molecule has 0 amide bonds. The highest BCUT2D eigenvalue weighted by molar-refractivity contribution is 7.80. The van der Waals surface area contributed by atoms with E-state index in [4.69, 9.17) is 0 Å². The third kappa shape index (κ3) is 3.59. The van der Waals surface area contributed by atoms with Crippen molar-refractivity contribution in [2.45, 2.75) is 31.5 Å². The molecule has 0 saturated carbocycles. The van der Waals surface area contributed by atoms with Gasteiger partial charge >= 0.3 is 0 Å². The first-order valence-corrected chi connectivity index (χ1v) is 8.10. The lowest BCUT2D eigenvalue weighted by atomic mass is 9.91. The monoisotopic (exact) mass is 323 g/mol. The fraction of sp³-hybridized carbons (Fsp3) is 0.211. The number of anilines is 1. The van der Waals surface area contributed by atoms with Gasteiger partial charge in [-0.1, -0.05) is 36.4 Å².